The van der Waals surface area contributed by atoms with Crippen LogP contribution in [0.1, 0.15) is 6.92 Å². The molecular weight excluding hydrogens is 292 g/mol. The molecule has 0 bridgehead atoms. The summed E-state index contributed by atoms with van der Waals surface area (Å²) in [6, 6.07) is 5.26. The van der Waals surface area contributed by atoms with Gasteiger partial charge < -0.3 is 26.3 Å². The molecule has 1 aromatic heterocycles. The maximum atomic E-state index is 8.57. The number of aromatic hydroxyl groups is 1. The lowest BCUT2D eigenvalue weighted by Gasteiger charge is -1.84. The third-order valence-corrected chi connectivity index (χ3v) is 1.30. The van der Waals surface area contributed by atoms with Crippen LogP contribution in [-0.2, 0) is 0 Å². The van der Waals surface area contributed by atoms with Gasteiger partial charge in [0.2, 0.25) is 0 Å². The molecule has 0 amide bonds. The molecule has 0 atom stereocenters. The summed E-state index contributed by atoms with van der Waals surface area (Å²) in [5.74, 6) is 4.94. The summed E-state index contributed by atoms with van der Waals surface area (Å²) in [7, 11) is 0. The Labute approximate surface area is 129 Å². The van der Waals surface area contributed by atoms with E-state index >= 15 is 0 Å². The van der Waals surface area contributed by atoms with Crippen LogP contribution in [0.4, 0.5) is 0 Å². The number of nitrogens with one attached hydrogen (secondary N) is 1. The zero-order valence-electron chi connectivity index (χ0n) is 12.6. The van der Waals surface area contributed by atoms with Crippen LogP contribution in [-0.4, -0.2) is 64.4 Å². The summed E-state index contributed by atoms with van der Waals surface area (Å²) >= 11 is 0. The zero-order chi connectivity index (χ0) is 17.5. The number of aromatic nitrogens is 1. The first-order valence-electron chi connectivity index (χ1n) is 6.34. The number of pyridine rings is 1. The van der Waals surface area contributed by atoms with E-state index in [2.05, 4.69) is 20.6 Å². The molecule has 0 unspecified atom stereocenters. The van der Waals surface area contributed by atoms with Gasteiger partial charge in [0.05, 0.1) is 19.4 Å². The Morgan fingerprint density at radius 3 is 2.14 bits per heavy atom. The van der Waals surface area contributed by atoms with E-state index in [1.807, 2.05) is 12.9 Å². The number of nitrogens with zero attached hydrogens (tertiary/aromatic N) is 3. The van der Waals surface area contributed by atoms with Gasteiger partial charge in [-0.25, -0.2) is 4.99 Å². The van der Waals surface area contributed by atoms with Gasteiger partial charge in [0, 0.05) is 25.8 Å². The van der Waals surface area contributed by atoms with Gasteiger partial charge in [-0.05, 0) is 24.2 Å². The van der Waals surface area contributed by atoms with Crippen LogP contribution in [0, 0.1) is 0 Å². The van der Waals surface area contributed by atoms with Gasteiger partial charge in [-0.1, -0.05) is 0 Å². The molecule has 10 nitrogen and oxygen atoms in total. The fourth-order valence-electron chi connectivity index (χ4n) is 0.521. The molecule has 1 heterocycles. The average Bonchev–Trinajstić information content (AvgIpc) is 2.56. The highest BCUT2D eigenvalue weighted by Gasteiger charge is 1.76. The molecule has 10 heteroatoms. The second kappa shape index (κ2) is 27.3. The highest BCUT2D eigenvalue weighted by Crippen LogP contribution is 1.99. The van der Waals surface area contributed by atoms with Crippen molar-refractivity contribution in [1.82, 2.24) is 10.4 Å². The second-order valence-electron chi connectivity index (χ2n) is 3.08. The Morgan fingerprint density at radius 2 is 2.00 bits per heavy atom. The Bertz CT molecular complexity index is 343. The SMILES string of the molecule is CCN=C=NO.NCCO.NNCCO.Oc1cccnc1. The molecule has 0 saturated carbocycles. The van der Waals surface area contributed by atoms with E-state index in [-0.39, 0.29) is 19.0 Å². The lowest BCUT2D eigenvalue weighted by Crippen LogP contribution is -2.24. The van der Waals surface area contributed by atoms with Crippen molar-refractivity contribution in [3.05, 3.63) is 24.5 Å². The van der Waals surface area contributed by atoms with Gasteiger partial charge in [0.1, 0.15) is 11.8 Å². The fraction of sp³-hybridized carbons (Fsp3) is 0.500. The van der Waals surface area contributed by atoms with Gasteiger partial charge in [-0.15, -0.1) is 0 Å². The van der Waals surface area contributed by atoms with Gasteiger partial charge in [-0.2, -0.15) is 0 Å². The molecule has 0 radical (unpaired) electrons. The minimum atomic E-state index is 0.0972. The molecule has 0 aliphatic heterocycles. The van der Waals surface area contributed by atoms with Crippen LogP contribution in [0.15, 0.2) is 34.7 Å². The molecular formula is C12H26N6O4. The van der Waals surface area contributed by atoms with Gasteiger partial charge in [0.15, 0.2) is 0 Å². The number of nitrogens with two attached hydrogens (primary N) is 2. The van der Waals surface area contributed by atoms with Crippen LogP contribution in [0.3, 0.4) is 0 Å². The minimum absolute atomic E-state index is 0.0972. The minimum Gasteiger partial charge on any atom is -0.506 e. The second-order valence-corrected chi connectivity index (χ2v) is 3.08. The van der Waals surface area contributed by atoms with Crippen molar-refractivity contribution in [3.63, 3.8) is 0 Å². The van der Waals surface area contributed by atoms with Gasteiger partial charge in [0.25, 0.3) is 0 Å². The van der Waals surface area contributed by atoms with Gasteiger partial charge in [-0.3, -0.25) is 16.3 Å². The van der Waals surface area contributed by atoms with Crippen LogP contribution in [0.25, 0.3) is 0 Å². The molecule has 0 spiro atoms. The van der Waals surface area contributed by atoms with E-state index in [4.69, 9.17) is 32.1 Å². The van der Waals surface area contributed by atoms with Crippen molar-refractivity contribution < 1.29 is 20.5 Å². The molecule has 22 heavy (non-hydrogen) atoms. The summed E-state index contributed by atoms with van der Waals surface area (Å²) in [6.45, 7) is 3.50. The number of hydrazine groups is 1. The van der Waals surface area contributed by atoms with Crippen molar-refractivity contribution in [2.24, 2.45) is 21.7 Å². The van der Waals surface area contributed by atoms with E-state index in [1.165, 1.54) is 6.20 Å². The normalized spacial score (nSPS) is 7.68. The van der Waals surface area contributed by atoms with Crippen molar-refractivity contribution in [3.8, 4) is 5.75 Å². The molecule has 0 fully saturated rings. The van der Waals surface area contributed by atoms with Crippen molar-refractivity contribution in [2.45, 2.75) is 6.92 Å². The Kier molecular flexibility index (Phi) is 30.9. The molecule has 9 N–H and O–H groups in total. The van der Waals surface area contributed by atoms with Crippen LogP contribution >= 0.6 is 0 Å². The lowest BCUT2D eigenvalue weighted by molar-refractivity contribution is 0.293. The summed E-state index contributed by atoms with van der Waals surface area (Å²) in [6.07, 6.45) is 3.00. The summed E-state index contributed by atoms with van der Waals surface area (Å²) in [5, 5.41) is 34.4. The van der Waals surface area contributed by atoms with E-state index < -0.39 is 0 Å². The van der Waals surface area contributed by atoms with Crippen LogP contribution in [0.5, 0.6) is 5.75 Å². The van der Waals surface area contributed by atoms with E-state index in [1.54, 1.807) is 18.3 Å². The topological polar surface area (TPSA) is 183 Å². The van der Waals surface area contributed by atoms with Crippen molar-refractivity contribution >= 4 is 6.01 Å². The summed E-state index contributed by atoms with van der Waals surface area (Å²) in [4.78, 5) is 7.06. The third kappa shape index (κ3) is 36.1. The van der Waals surface area contributed by atoms with E-state index in [9.17, 15) is 0 Å². The predicted molar refractivity (Wildman–Crippen MR) is 83.5 cm³/mol. The zero-order valence-corrected chi connectivity index (χ0v) is 12.6. The number of aliphatic hydroxyl groups excluding tert-OH is 2. The molecule has 0 aliphatic carbocycles. The Morgan fingerprint density at radius 1 is 1.36 bits per heavy atom. The number of aliphatic hydroxyl groups is 2. The third-order valence-electron chi connectivity index (χ3n) is 1.30. The van der Waals surface area contributed by atoms with Crippen molar-refractivity contribution in [2.75, 3.05) is 32.8 Å². The average molecular weight is 318 g/mol. The quantitative estimate of drug-likeness (QED) is 0.155. The number of hydrogen-bond acceptors (Lipinski definition) is 10. The highest BCUT2D eigenvalue weighted by atomic mass is 16.4. The first-order valence-corrected chi connectivity index (χ1v) is 6.34. The first-order chi connectivity index (χ1) is 10.6. The molecule has 1 aromatic rings. The molecule has 0 aliphatic rings. The largest absolute Gasteiger partial charge is 0.506 e. The lowest BCUT2D eigenvalue weighted by atomic mass is 10.5. The Balaban J connectivity index is -0.000000224. The van der Waals surface area contributed by atoms with Crippen LogP contribution in [0.2, 0.25) is 0 Å². The highest BCUT2D eigenvalue weighted by molar-refractivity contribution is 5.39. The molecule has 0 saturated heterocycles. The standard InChI is InChI=1S/C5H5NO.C3H6N2O.C2H8N2O.C2H7NO/c7-5-2-1-3-6-4-5;1-2-4-3-5-6;3-4-1-2-5;3-1-2-4/h1-4,7H;6H,2H2,1H3;4-5H,1-3H2;4H,1-3H2. The maximum Gasteiger partial charge on any atom is 0.135 e. The number of aliphatic imine (C=N–C) groups is 1. The van der Waals surface area contributed by atoms with E-state index in [0.29, 0.717) is 19.6 Å². The molecule has 1 rings (SSSR count). The van der Waals surface area contributed by atoms with E-state index in [0.717, 1.165) is 0 Å². The smallest absolute Gasteiger partial charge is 0.135 e. The fourth-order valence-corrected chi connectivity index (χ4v) is 0.521. The van der Waals surface area contributed by atoms with Crippen molar-refractivity contribution in [1.29, 1.82) is 0 Å². The maximum absolute atomic E-state index is 8.57. The summed E-state index contributed by atoms with van der Waals surface area (Å²) in [5.41, 5.74) is 7.05. The first kappa shape index (κ1) is 24.9. The predicted octanol–water partition coefficient (Wildman–Crippen LogP) is -1.26. The Hall–Kier alpha value is -2.07. The number of hydrogen-bond donors (Lipinski definition) is 7. The van der Waals surface area contributed by atoms with Crippen LogP contribution < -0.4 is 17.0 Å². The summed E-state index contributed by atoms with van der Waals surface area (Å²) < 4.78 is 0. The number of rotatable bonds is 4. The van der Waals surface area contributed by atoms with Gasteiger partial charge >= 0.3 is 0 Å². The monoisotopic (exact) mass is 318 g/mol. The molecule has 128 valence electrons. The molecule has 0 aromatic carbocycles.